The molecule has 3 aromatic rings. The van der Waals surface area contributed by atoms with E-state index in [-0.39, 0.29) is 81.6 Å². The zero-order valence-electron chi connectivity index (χ0n) is 27.7. The van der Waals surface area contributed by atoms with Crippen molar-refractivity contribution >= 4 is 22.6 Å². The first-order chi connectivity index (χ1) is 23.1. The van der Waals surface area contributed by atoms with Crippen molar-refractivity contribution in [1.29, 1.82) is 0.594 Å². The summed E-state index contributed by atoms with van der Waals surface area (Å²) < 4.78 is 67.2. The Labute approximate surface area is 306 Å². The van der Waals surface area contributed by atoms with E-state index in [2.05, 4.69) is 0 Å². The Hall–Kier alpha value is -2.18. The van der Waals surface area contributed by atoms with Gasteiger partial charge in [-0.2, -0.15) is 0 Å². The molecule has 0 saturated carbocycles. The number of aryl methyl sites for hydroxylation is 3. The van der Waals surface area contributed by atoms with E-state index < -0.39 is 6.10 Å². The molecular formula is C36H46ClF4IO6P-. The number of aliphatic hydroxyl groups is 1. The van der Waals surface area contributed by atoms with Crippen molar-refractivity contribution in [3.63, 3.8) is 0 Å². The molecule has 0 amide bonds. The van der Waals surface area contributed by atoms with Crippen molar-refractivity contribution in [2.75, 3.05) is 6.61 Å². The van der Waals surface area contributed by atoms with Crippen LogP contribution >= 0.6 is 16.8 Å². The fraction of sp³-hybridized carbons (Fsp3) is 0.472. The van der Waals surface area contributed by atoms with Gasteiger partial charge in [0, 0.05) is 6.42 Å². The molecule has 0 aliphatic carbocycles. The molecule has 0 aromatic heterocycles. The van der Waals surface area contributed by atoms with Gasteiger partial charge in [-0.15, -0.1) is 0 Å². The van der Waals surface area contributed by atoms with Gasteiger partial charge in [0.05, 0.1) is 12.7 Å². The second kappa shape index (κ2) is 21.2. The van der Waals surface area contributed by atoms with Crippen molar-refractivity contribution < 1.29 is 68.6 Å². The van der Waals surface area contributed by atoms with Gasteiger partial charge in [0.25, 0.3) is 0 Å². The van der Waals surface area contributed by atoms with Crippen LogP contribution in [0.1, 0.15) is 70.1 Å². The van der Waals surface area contributed by atoms with E-state index in [0.717, 1.165) is 54.7 Å². The predicted molar refractivity (Wildman–Crippen MR) is 184 cm³/mol. The summed E-state index contributed by atoms with van der Waals surface area (Å²) in [6.07, 6.45) is 5.42. The Morgan fingerprint density at radius 2 is 1.35 bits per heavy atom. The Morgan fingerprint density at radius 3 is 1.82 bits per heavy atom. The number of aliphatic hydroxyl groups excluding tert-OH is 1. The number of carbonyl (C=O) groups excluding carboxylic acids is 1. The van der Waals surface area contributed by atoms with Crippen LogP contribution in [0.3, 0.4) is 0 Å². The average Bonchev–Trinajstić information content (AvgIpc) is 3.97. The van der Waals surface area contributed by atoms with Crippen LogP contribution in [-0.4, -0.2) is 48.6 Å². The van der Waals surface area contributed by atoms with Crippen molar-refractivity contribution in [2.24, 2.45) is 0 Å². The number of carbonyl (C=O) groups is 1. The molecule has 0 bridgehead atoms. The molecule has 3 aromatic carbocycles. The Morgan fingerprint density at radius 1 is 0.878 bits per heavy atom. The summed E-state index contributed by atoms with van der Waals surface area (Å²) in [6, 6.07) is 13.7. The third-order valence-corrected chi connectivity index (χ3v) is 8.29. The minimum atomic E-state index is -0.428. The van der Waals surface area contributed by atoms with Crippen LogP contribution in [-0.2, 0) is 28.8 Å². The van der Waals surface area contributed by atoms with Crippen LogP contribution in [0, 0.1) is 17.5 Å². The molecule has 4 aliphatic heterocycles. The van der Waals surface area contributed by atoms with E-state index in [0.29, 0.717) is 42.8 Å². The first-order valence-electron chi connectivity index (χ1n) is 16.2. The molecule has 6 nitrogen and oxygen atoms in total. The number of halogens is 6. The van der Waals surface area contributed by atoms with E-state index >= 15 is 0 Å². The van der Waals surface area contributed by atoms with Gasteiger partial charge < -0.3 is 24.1 Å². The number of rotatable bonds is 6. The van der Waals surface area contributed by atoms with Crippen molar-refractivity contribution in [3.8, 4) is 17.2 Å². The SMILES string of the molecule is C.CCC(=O)C1CCc2cc(F)ccc2O1.CCC(O)C1CCc2cc(F)ccc2O1.F.Fc1ccc2c(c1)CCC(C1CO1)O2.[2H][I-]PCl. The van der Waals surface area contributed by atoms with Crippen LogP contribution in [0.4, 0.5) is 17.9 Å². The van der Waals surface area contributed by atoms with Crippen LogP contribution in [0.2, 0.25) is 0 Å². The second-order valence-electron chi connectivity index (χ2n) is 11.5. The monoisotopic (exact) mass is 844 g/mol. The first kappa shape index (κ1) is 41.2. The van der Waals surface area contributed by atoms with E-state index in [9.17, 15) is 23.1 Å². The first-order valence-corrected chi connectivity index (χ1v) is 20.9. The standard InChI is InChI=1S/C12H15FO2.C12H13FO2.C11H11FO2.CH4.ClH2IP.FH/c2*1-2-10(14)12-5-3-8-7-9(13)4-6-11(8)15-12;12-8-2-4-9-7(5-8)1-3-10(14-9)11-6-13-11;;1-3-2;/h4,6-7,10,12,14H,2-3,5H2,1H3;4,6-7,12H,2-3,5H2,1H3;2,4-5,10-11H,1,3,6H2;1H4;2-3H;1H/q;;;;-1;/i;;;;2D;. The zero-order valence-corrected chi connectivity index (χ0v) is 30.6. The second-order valence-corrected chi connectivity index (χ2v) is 15.8. The fourth-order valence-electron chi connectivity index (χ4n) is 5.63. The predicted octanol–water partition coefficient (Wildman–Crippen LogP) is 5.51. The van der Waals surface area contributed by atoms with E-state index in [4.69, 9.17) is 30.8 Å². The summed E-state index contributed by atoms with van der Waals surface area (Å²) in [7, 11) is 0. The third kappa shape index (κ3) is 12.8. The minimum absolute atomic E-state index is 0. The van der Waals surface area contributed by atoms with Crippen LogP contribution in [0.25, 0.3) is 0 Å². The molecule has 49 heavy (non-hydrogen) atoms. The molecule has 1 N–H and O–H groups in total. The molecule has 1 saturated heterocycles. The number of hydrogen-bond acceptors (Lipinski definition) is 6. The summed E-state index contributed by atoms with van der Waals surface area (Å²) in [4.78, 5) is 11.4. The molecule has 4 aliphatic rings. The van der Waals surface area contributed by atoms with Gasteiger partial charge in [-0.05, 0) is 116 Å². The number of hydrogen-bond donors (Lipinski definition) is 1. The van der Waals surface area contributed by atoms with Gasteiger partial charge in [-0.1, -0.05) is 21.3 Å². The molecule has 7 rings (SSSR count). The van der Waals surface area contributed by atoms with E-state index in [1.807, 2.05) is 13.8 Å². The molecule has 0 radical (unpaired) electrons. The van der Waals surface area contributed by atoms with Crippen LogP contribution < -0.4 is 36.1 Å². The molecule has 4 heterocycles. The fourth-order valence-corrected chi connectivity index (χ4v) is 5.63. The maximum atomic E-state index is 12.9. The van der Waals surface area contributed by atoms with Crippen LogP contribution in [0.5, 0.6) is 17.2 Å². The number of benzene rings is 3. The van der Waals surface area contributed by atoms with E-state index in [1.165, 1.54) is 30.3 Å². The maximum absolute atomic E-state index is 12.9. The van der Waals surface area contributed by atoms with Crippen molar-refractivity contribution in [3.05, 3.63) is 88.7 Å². The van der Waals surface area contributed by atoms with Gasteiger partial charge in [0.2, 0.25) is 0 Å². The van der Waals surface area contributed by atoms with E-state index in [1.54, 1.807) is 24.3 Å². The summed E-state index contributed by atoms with van der Waals surface area (Å²) in [6.45, 7) is 4.56. The van der Waals surface area contributed by atoms with Gasteiger partial charge in [0.1, 0.15) is 53.0 Å². The average molecular weight is 845 g/mol. The summed E-state index contributed by atoms with van der Waals surface area (Å²) in [5, 5.41) is 9.66. The molecule has 0 spiro atoms. The number of fused-ring (bicyclic) bond motifs is 3. The van der Waals surface area contributed by atoms with Gasteiger partial charge in [-0.25, -0.2) is 13.2 Å². The van der Waals surface area contributed by atoms with Crippen molar-refractivity contribution in [2.45, 2.75) is 103 Å². The van der Waals surface area contributed by atoms with Gasteiger partial charge in [-0.3, -0.25) is 9.50 Å². The number of ether oxygens (including phenoxy) is 4. The Bertz CT molecular complexity index is 1500. The van der Waals surface area contributed by atoms with Gasteiger partial charge >= 0.3 is 39.3 Å². The molecule has 274 valence electrons. The number of epoxide rings is 1. The molecule has 6 unspecified atom stereocenters. The topological polar surface area (TPSA) is 77.5 Å². The molecular weight excluding hydrogens is 798 g/mol. The quantitative estimate of drug-likeness (QED) is 0.153. The third-order valence-electron chi connectivity index (χ3n) is 8.29. The Kier molecular flexibility index (Phi) is 17.9. The number of ketones is 1. The molecule has 13 heteroatoms. The molecule has 6 atom stereocenters. The van der Waals surface area contributed by atoms with Gasteiger partial charge in [0.15, 0.2) is 11.9 Å². The summed E-state index contributed by atoms with van der Waals surface area (Å²) in [5.74, 6) is 1.62. The summed E-state index contributed by atoms with van der Waals surface area (Å²) >= 11 is 4.73. The zero-order chi connectivity index (χ0) is 34.6. The van der Waals surface area contributed by atoms with Crippen molar-refractivity contribution in [1.82, 2.24) is 0 Å². The molecule has 1 fully saturated rings. The normalized spacial score (nSPS) is 21.8. The summed E-state index contributed by atoms with van der Waals surface area (Å²) in [5.41, 5.74) is 3.12. The van der Waals surface area contributed by atoms with Crippen LogP contribution in [0.15, 0.2) is 54.6 Å². The number of Topliss-reactive ketones (excluding diaryl/α,β-unsaturated/α-hetero) is 1. The Balaban J connectivity index is 0.000000242.